The van der Waals surface area contributed by atoms with Gasteiger partial charge in [0, 0.05) is 10.9 Å². The van der Waals surface area contributed by atoms with Crippen LogP contribution in [0.5, 0.6) is 11.6 Å². The molecule has 0 aliphatic heterocycles. The van der Waals surface area contributed by atoms with E-state index >= 15 is 0 Å². The van der Waals surface area contributed by atoms with Crippen molar-refractivity contribution >= 4 is 21.6 Å². The lowest BCUT2D eigenvalue weighted by Crippen LogP contribution is -1.92. The summed E-state index contributed by atoms with van der Waals surface area (Å²) < 4.78 is 31.7. The number of benzene rings is 1. The van der Waals surface area contributed by atoms with Crippen LogP contribution in [-0.2, 0) is 0 Å². The standard InChI is InChI=1S/C14H10F2N2OS/c1-7-8(2)20-14-12(7)13(17-6-18-14)19-9-3-4-10(15)11(16)5-9/h3-6H,1-2H3. The summed E-state index contributed by atoms with van der Waals surface area (Å²) in [5.41, 5.74) is 1.03. The molecule has 0 saturated heterocycles. The van der Waals surface area contributed by atoms with Crippen LogP contribution in [0, 0.1) is 25.5 Å². The molecule has 6 heteroatoms. The third-order valence-corrected chi connectivity index (χ3v) is 4.15. The van der Waals surface area contributed by atoms with Crippen LogP contribution in [-0.4, -0.2) is 9.97 Å². The predicted molar refractivity (Wildman–Crippen MR) is 73.3 cm³/mol. The van der Waals surface area contributed by atoms with Crippen molar-refractivity contribution in [3.63, 3.8) is 0 Å². The zero-order valence-corrected chi connectivity index (χ0v) is 11.6. The van der Waals surface area contributed by atoms with E-state index in [1.807, 2.05) is 13.8 Å². The van der Waals surface area contributed by atoms with Crippen LogP contribution in [0.2, 0.25) is 0 Å². The Bertz CT molecular complexity index is 801. The molecule has 0 spiro atoms. The number of hydrogen-bond donors (Lipinski definition) is 0. The number of ether oxygens (including phenoxy) is 1. The van der Waals surface area contributed by atoms with E-state index in [4.69, 9.17) is 4.74 Å². The van der Waals surface area contributed by atoms with Crippen LogP contribution in [0.3, 0.4) is 0 Å². The SMILES string of the molecule is Cc1sc2ncnc(Oc3ccc(F)c(F)c3)c2c1C. The molecule has 0 saturated carbocycles. The zero-order chi connectivity index (χ0) is 14.3. The van der Waals surface area contributed by atoms with E-state index in [0.29, 0.717) is 5.88 Å². The summed E-state index contributed by atoms with van der Waals surface area (Å²) >= 11 is 1.54. The van der Waals surface area contributed by atoms with Gasteiger partial charge in [0.15, 0.2) is 11.6 Å². The second kappa shape index (κ2) is 4.79. The molecule has 0 N–H and O–H groups in total. The summed E-state index contributed by atoms with van der Waals surface area (Å²) in [6.07, 6.45) is 1.40. The maximum atomic E-state index is 13.2. The van der Waals surface area contributed by atoms with E-state index in [2.05, 4.69) is 9.97 Å². The molecule has 0 amide bonds. The Hall–Kier alpha value is -2.08. The largest absolute Gasteiger partial charge is 0.438 e. The van der Waals surface area contributed by atoms with E-state index in [-0.39, 0.29) is 5.75 Å². The van der Waals surface area contributed by atoms with Gasteiger partial charge in [0.25, 0.3) is 0 Å². The number of thiophene rings is 1. The summed E-state index contributed by atoms with van der Waals surface area (Å²) in [5, 5.41) is 0.805. The van der Waals surface area contributed by atoms with Crippen LogP contribution < -0.4 is 4.74 Å². The maximum Gasteiger partial charge on any atom is 0.231 e. The molecular weight excluding hydrogens is 282 g/mol. The molecule has 0 radical (unpaired) electrons. The molecule has 0 atom stereocenters. The van der Waals surface area contributed by atoms with Crippen LogP contribution in [0.1, 0.15) is 10.4 Å². The van der Waals surface area contributed by atoms with Crippen molar-refractivity contribution in [1.82, 2.24) is 9.97 Å². The average Bonchev–Trinajstić information content (AvgIpc) is 2.71. The number of nitrogens with zero attached hydrogens (tertiary/aromatic N) is 2. The van der Waals surface area contributed by atoms with Crippen LogP contribution in [0.4, 0.5) is 8.78 Å². The van der Waals surface area contributed by atoms with Gasteiger partial charge < -0.3 is 4.74 Å². The summed E-state index contributed by atoms with van der Waals surface area (Å²) in [6, 6.07) is 3.38. The number of aromatic nitrogens is 2. The minimum absolute atomic E-state index is 0.201. The fourth-order valence-electron chi connectivity index (χ4n) is 1.88. The number of hydrogen-bond acceptors (Lipinski definition) is 4. The Kier molecular flexibility index (Phi) is 3.10. The first kappa shape index (κ1) is 12.9. The van der Waals surface area contributed by atoms with Crippen molar-refractivity contribution in [1.29, 1.82) is 0 Å². The van der Waals surface area contributed by atoms with Gasteiger partial charge in [0.05, 0.1) is 5.39 Å². The molecule has 0 aliphatic carbocycles. The van der Waals surface area contributed by atoms with Crippen LogP contribution >= 0.6 is 11.3 Å². The van der Waals surface area contributed by atoms with Gasteiger partial charge in [0.2, 0.25) is 5.88 Å². The van der Waals surface area contributed by atoms with Crippen molar-refractivity contribution in [2.75, 3.05) is 0 Å². The lowest BCUT2D eigenvalue weighted by molar-refractivity contribution is 0.451. The van der Waals surface area contributed by atoms with Crippen LogP contribution in [0.25, 0.3) is 10.2 Å². The normalized spacial score (nSPS) is 11.0. The van der Waals surface area contributed by atoms with E-state index in [9.17, 15) is 8.78 Å². The van der Waals surface area contributed by atoms with Crippen LogP contribution in [0.15, 0.2) is 24.5 Å². The van der Waals surface area contributed by atoms with E-state index in [1.54, 1.807) is 11.3 Å². The third-order valence-electron chi connectivity index (χ3n) is 3.04. The molecule has 102 valence electrons. The Morgan fingerprint density at radius 1 is 1.10 bits per heavy atom. The topological polar surface area (TPSA) is 35.0 Å². The fraction of sp³-hybridized carbons (Fsp3) is 0.143. The van der Waals surface area contributed by atoms with Gasteiger partial charge in [-0.3, -0.25) is 0 Å². The number of fused-ring (bicyclic) bond motifs is 1. The average molecular weight is 292 g/mol. The van der Waals surface area contributed by atoms with Gasteiger partial charge >= 0.3 is 0 Å². The molecular formula is C14H10F2N2OS. The molecule has 20 heavy (non-hydrogen) atoms. The Balaban J connectivity index is 2.08. The third kappa shape index (κ3) is 2.12. The molecule has 0 aliphatic rings. The molecule has 2 aromatic heterocycles. The summed E-state index contributed by atoms with van der Waals surface area (Å²) in [7, 11) is 0. The smallest absolute Gasteiger partial charge is 0.231 e. The van der Waals surface area contributed by atoms with Gasteiger partial charge in [0.1, 0.15) is 16.9 Å². The zero-order valence-electron chi connectivity index (χ0n) is 10.8. The second-order valence-corrected chi connectivity index (χ2v) is 5.52. The van der Waals surface area contributed by atoms with E-state index in [1.165, 1.54) is 12.4 Å². The predicted octanol–water partition coefficient (Wildman–Crippen LogP) is 4.38. The van der Waals surface area contributed by atoms with Gasteiger partial charge in [-0.15, -0.1) is 11.3 Å². The van der Waals surface area contributed by atoms with Gasteiger partial charge in [-0.05, 0) is 31.5 Å². The first-order chi connectivity index (χ1) is 9.56. The summed E-state index contributed by atoms with van der Waals surface area (Å²) in [4.78, 5) is 10.2. The summed E-state index contributed by atoms with van der Waals surface area (Å²) in [5.74, 6) is -1.31. The first-order valence-corrected chi connectivity index (χ1v) is 6.71. The fourth-order valence-corrected chi connectivity index (χ4v) is 2.87. The van der Waals surface area contributed by atoms with Crippen molar-refractivity contribution < 1.29 is 13.5 Å². The quantitative estimate of drug-likeness (QED) is 0.703. The lowest BCUT2D eigenvalue weighted by atomic mass is 10.2. The van der Waals surface area contributed by atoms with Gasteiger partial charge in [-0.1, -0.05) is 0 Å². The highest BCUT2D eigenvalue weighted by molar-refractivity contribution is 7.18. The Morgan fingerprint density at radius 2 is 1.90 bits per heavy atom. The van der Waals surface area contributed by atoms with E-state index in [0.717, 1.165) is 32.8 Å². The van der Waals surface area contributed by atoms with Crippen molar-refractivity contribution in [3.05, 3.63) is 46.6 Å². The Labute approximate surface area is 117 Å². The molecule has 0 fully saturated rings. The number of halogens is 2. The number of aryl methyl sites for hydroxylation is 2. The van der Waals surface area contributed by atoms with Crippen molar-refractivity contribution in [3.8, 4) is 11.6 Å². The molecule has 0 bridgehead atoms. The maximum absolute atomic E-state index is 13.2. The molecule has 0 unspecified atom stereocenters. The molecule has 3 nitrogen and oxygen atoms in total. The Morgan fingerprint density at radius 3 is 2.65 bits per heavy atom. The van der Waals surface area contributed by atoms with E-state index < -0.39 is 11.6 Å². The minimum Gasteiger partial charge on any atom is -0.438 e. The van der Waals surface area contributed by atoms with Gasteiger partial charge in [-0.25, -0.2) is 18.7 Å². The monoisotopic (exact) mass is 292 g/mol. The molecule has 2 heterocycles. The lowest BCUT2D eigenvalue weighted by Gasteiger charge is -2.06. The molecule has 3 aromatic rings. The highest BCUT2D eigenvalue weighted by Crippen LogP contribution is 2.35. The van der Waals surface area contributed by atoms with Crippen molar-refractivity contribution in [2.45, 2.75) is 13.8 Å². The highest BCUT2D eigenvalue weighted by Gasteiger charge is 2.14. The van der Waals surface area contributed by atoms with Gasteiger partial charge in [-0.2, -0.15) is 0 Å². The van der Waals surface area contributed by atoms with Crippen molar-refractivity contribution in [2.24, 2.45) is 0 Å². The molecule has 1 aromatic carbocycles. The summed E-state index contributed by atoms with van der Waals surface area (Å²) in [6.45, 7) is 3.94. The first-order valence-electron chi connectivity index (χ1n) is 5.90. The highest BCUT2D eigenvalue weighted by atomic mass is 32.1. The molecule has 3 rings (SSSR count). The second-order valence-electron chi connectivity index (χ2n) is 4.32. The minimum atomic E-state index is -0.953. The number of rotatable bonds is 2.